The highest BCUT2D eigenvalue weighted by Crippen LogP contribution is 2.28. The summed E-state index contributed by atoms with van der Waals surface area (Å²) in [5, 5.41) is 6.62. The number of aromatic nitrogens is 3. The van der Waals surface area contributed by atoms with Crippen molar-refractivity contribution in [3.63, 3.8) is 0 Å². The third kappa shape index (κ3) is 3.07. The minimum Gasteiger partial charge on any atom is -0.322 e. The summed E-state index contributed by atoms with van der Waals surface area (Å²) in [5.74, 6) is -2.75. The van der Waals surface area contributed by atoms with Gasteiger partial charge in [0, 0.05) is 42.3 Å². The molecule has 0 saturated heterocycles. The smallest absolute Gasteiger partial charge is 0.261 e. The van der Waals surface area contributed by atoms with E-state index in [1.807, 2.05) is 19.1 Å². The normalized spacial score (nSPS) is 12.7. The summed E-state index contributed by atoms with van der Waals surface area (Å²) in [7, 11) is 1.58. The maximum absolute atomic E-state index is 14.9. The number of rotatable bonds is 3. The van der Waals surface area contributed by atoms with Gasteiger partial charge < -0.3 is 5.32 Å². The molecule has 5 rings (SSSR count). The van der Waals surface area contributed by atoms with E-state index in [1.54, 1.807) is 31.6 Å². The predicted octanol–water partition coefficient (Wildman–Crippen LogP) is 4.16. The quantitative estimate of drug-likeness (QED) is 0.544. The SMILES string of the molecule is Cc1ccncc1C1=NCc2ccc(NC(=O)c3c(F)cc4c(cnn4C)c3F)cc21. The van der Waals surface area contributed by atoms with Crippen LogP contribution in [-0.4, -0.2) is 26.4 Å². The summed E-state index contributed by atoms with van der Waals surface area (Å²) in [6.07, 6.45) is 4.74. The van der Waals surface area contributed by atoms with Crippen LogP contribution >= 0.6 is 0 Å². The van der Waals surface area contributed by atoms with Gasteiger partial charge in [-0.3, -0.25) is 19.5 Å². The summed E-state index contributed by atoms with van der Waals surface area (Å²) in [6, 6.07) is 8.33. The first-order chi connectivity index (χ1) is 14.9. The molecule has 2 aromatic heterocycles. The second kappa shape index (κ2) is 7.09. The minimum absolute atomic E-state index is 0.0875. The van der Waals surface area contributed by atoms with Crippen LogP contribution in [0.4, 0.5) is 14.5 Å². The first-order valence-corrected chi connectivity index (χ1v) is 9.64. The van der Waals surface area contributed by atoms with Gasteiger partial charge in [0.1, 0.15) is 17.2 Å². The van der Waals surface area contributed by atoms with E-state index in [4.69, 9.17) is 0 Å². The lowest BCUT2D eigenvalue weighted by Gasteiger charge is -2.11. The number of carbonyl (C=O) groups excluding carboxylic acids is 1. The average molecular weight is 417 g/mol. The molecule has 0 radical (unpaired) electrons. The van der Waals surface area contributed by atoms with Gasteiger partial charge in [-0.1, -0.05) is 6.07 Å². The molecule has 3 heterocycles. The monoisotopic (exact) mass is 417 g/mol. The van der Waals surface area contributed by atoms with Gasteiger partial charge in [-0.05, 0) is 36.2 Å². The standard InChI is InChI=1S/C23H17F2N5O/c1-12-5-6-26-10-16(12)22-15-7-14(4-3-13(15)9-27-22)29-23(31)20-18(24)8-19-17(21(20)25)11-28-30(19)2/h3-8,10-11H,9H2,1-2H3,(H,29,31). The van der Waals surface area contributed by atoms with Crippen molar-refractivity contribution < 1.29 is 13.6 Å². The molecule has 1 aliphatic heterocycles. The highest BCUT2D eigenvalue weighted by molar-refractivity contribution is 6.16. The van der Waals surface area contributed by atoms with Crippen LogP contribution in [-0.2, 0) is 13.6 Å². The number of fused-ring (bicyclic) bond motifs is 2. The first-order valence-electron chi connectivity index (χ1n) is 9.64. The largest absolute Gasteiger partial charge is 0.322 e. The van der Waals surface area contributed by atoms with Crippen LogP contribution < -0.4 is 5.32 Å². The predicted molar refractivity (Wildman–Crippen MR) is 113 cm³/mol. The lowest BCUT2D eigenvalue weighted by atomic mass is 9.98. The molecule has 0 saturated carbocycles. The van der Waals surface area contributed by atoms with Gasteiger partial charge in [0.2, 0.25) is 0 Å². The molecule has 0 fully saturated rings. The maximum Gasteiger partial charge on any atom is 0.261 e. The van der Waals surface area contributed by atoms with Crippen molar-refractivity contribution in [3.05, 3.63) is 88.4 Å². The molecule has 1 amide bonds. The number of halogens is 2. The second-order valence-corrected chi connectivity index (χ2v) is 7.43. The van der Waals surface area contributed by atoms with Gasteiger partial charge in [0.05, 0.1) is 29.4 Å². The average Bonchev–Trinajstić information content (AvgIpc) is 3.32. The van der Waals surface area contributed by atoms with E-state index in [0.29, 0.717) is 12.2 Å². The molecule has 1 aliphatic rings. The number of amides is 1. The molecule has 2 aromatic carbocycles. The number of aryl methyl sites for hydroxylation is 2. The number of carbonyl (C=O) groups is 1. The number of hydrogen-bond donors (Lipinski definition) is 1. The Morgan fingerprint density at radius 3 is 2.77 bits per heavy atom. The molecule has 0 spiro atoms. The first kappa shape index (κ1) is 19.0. The molecule has 4 aromatic rings. The number of aliphatic imine (C=N–C) groups is 1. The second-order valence-electron chi connectivity index (χ2n) is 7.43. The van der Waals surface area contributed by atoms with Crippen molar-refractivity contribution >= 4 is 28.2 Å². The van der Waals surface area contributed by atoms with Gasteiger partial charge >= 0.3 is 0 Å². The Hall–Kier alpha value is -3.94. The number of pyridine rings is 1. The van der Waals surface area contributed by atoms with Crippen LogP contribution in [0.1, 0.15) is 32.6 Å². The molecular formula is C23H17F2N5O. The number of hydrogen-bond acceptors (Lipinski definition) is 4. The molecule has 6 nitrogen and oxygen atoms in total. The molecule has 0 atom stereocenters. The molecule has 8 heteroatoms. The number of anilines is 1. The number of benzene rings is 2. The van der Waals surface area contributed by atoms with E-state index in [9.17, 15) is 13.6 Å². The highest BCUT2D eigenvalue weighted by Gasteiger charge is 2.24. The summed E-state index contributed by atoms with van der Waals surface area (Å²) >= 11 is 0. The fourth-order valence-electron chi connectivity index (χ4n) is 3.82. The van der Waals surface area contributed by atoms with Crippen LogP contribution in [0.15, 0.2) is 53.9 Å². The van der Waals surface area contributed by atoms with E-state index >= 15 is 0 Å². The lowest BCUT2D eigenvalue weighted by Crippen LogP contribution is -2.16. The molecule has 0 aliphatic carbocycles. The topological polar surface area (TPSA) is 72.2 Å². The third-order valence-electron chi connectivity index (χ3n) is 5.49. The molecule has 1 N–H and O–H groups in total. The summed E-state index contributed by atoms with van der Waals surface area (Å²) < 4.78 is 30.8. The van der Waals surface area contributed by atoms with Crippen molar-refractivity contribution in [2.75, 3.05) is 5.32 Å². The highest BCUT2D eigenvalue weighted by atomic mass is 19.1. The van der Waals surface area contributed by atoms with Crippen LogP contribution in [0.5, 0.6) is 0 Å². The van der Waals surface area contributed by atoms with E-state index < -0.39 is 23.1 Å². The van der Waals surface area contributed by atoms with Gasteiger partial charge in [-0.25, -0.2) is 8.78 Å². The van der Waals surface area contributed by atoms with Crippen molar-refractivity contribution in [2.45, 2.75) is 13.5 Å². The summed E-state index contributed by atoms with van der Waals surface area (Å²) in [4.78, 5) is 21.5. The molecule has 0 bridgehead atoms. The van der Waals surface area contributed by atoms with Gasteiger partial charge in [0.15, 0.2) is 0 Å². The Balaban J connectivity index is 1.49. The van der Waals surface area contributed by atoms with Crippen LogP contribution in [0, 0.1) is 18.6 Å². The van der Waals surface area contributed by atoms with Crippen molar-refractivity contribution in [2.24, 2.45) is 12.0 Å². The third-order valence-corrected chi connectivity index (χ3v) is 5.49. The molecule has 0 unspecified atom stereocenters. The lowest BCUT2D eigenvalue weighted by molar-refractivity contribution is 0.101. The Bertz CT molecular complexity index is 1410. The molecule has 31 heavy (non-hydrogen) atoms. The zero-order valence-electron chi connectivity index (χ0n) is 16.8. The van der Waals surface area contributed by atoms with Gasteiger partial charge in [-0.15, -0.1) is 0 Å². The Morgan fingerprint density at radius 1 is 1.13 bits per heavy atom. The van der Waals surface area contributed by atoms with E-state index in [2.05, 4.69) is 20.4 Å². The van der Waals surface area contributed by atoms with Crippen LogP contribution in [0.3, 0.4) is 0 Å². The Labute approximate surface area is 176 Å². The minimum atomic E-state index is -0.944. The van der Waals surface area contributed by atoms with E-state index in [1.165, 1.54) is 10.9 Å². The fraction of sp³-hybridized carbons (Fsp3) is 0.130. The number of nitrogens with one attached hydrogen (secondary N) is 1. The van der Waals surface area contributed by atoms with Gasteiger partial charge in [-0.2, -0.15) is 5.10 Å². The van der Waals surface area contributed by atoms with Crippen LogP contribution in [0.25, 0.3) is 10.9 Å². The van der Waals surface area contributed by atoms with E-state index in [0.717, 1.165) is 34.0 Å². The molecular weight excluding hydrogens is 400 g/mol. The van der Waals surface area contributed by atoms with Crippen molar-refractivity contribution in [1.29, 1.82) is 0 Å². The fourth-order valence-corrected chi connectivity index (χ4v) is 3.82. The maximum atomic E-state index is 14.9. The Morgan fingerprint density at radius 2 is 1.97 bits per heavy atom. The molecule has 154 valence electrons. The summed E-state index contributed by atoms with van der Waals surface area (Å²) in [6.45, 7) is 2.50. The summed E-state index contributed by atoms with van der Waals surface area (Å²) in [5.41, 5.74) is 4.64. The van der Waals surface area contributed by atoms with Crippen molar-refractivity contribution in [3.8, 4) is 0 Å². The zero-order valence-corrected chi connectivity index (χ0v) is 16.8. The van der Waals surface area contributed by atoms with E-state index in [-0.39, 0.29) is 10.9 Å². The van der Waals surface area contributed by atoms with Crippen molar-refractivity contribution in [1.82, 2.24) is 14.8 Å². The number of nitrogens with zero attached hydrogens (tertiary/aromatic N) is 4. The van der Waals surface area contributed by atoms with Crippen LogP contribution in [0.2, 0.25) is 0 Å². The van der Waals surface area contributed by atoms with Gasteiger partial charge in [0.25, 0.3) is 5.91 Å². The zero-order chi connectivity index (χ0) is 21.7. The Kier molecular flexibility index (Phi) is 4.35.